The standard InChI is InChI=1S/C20H21N3O7S/c1-13-10-14(5-6-15(13)22-7-2-4-20(22)24)21-31(27,28)19-12-18-17(11-16(19)23(25)26)29-8-3-9-30-18/h5-6,10-12,21H,2-4,7-9H2,1H3. The molecule has 1 amide bonds. The molecule has 0 atom stereocenters. The largest absolute Gasteiger partial charge is 0.490 e. The van der Waals surface area contributed by atoms with Crippen LogP contribution in [-0.2, 0) is 14.8 Å². The summed E-state index contributed by atoms with van der Waals surface area (Å²) < 4.78 is 39.4. The SMILES string of the molecule is Cc1cc(NS(=O)(=O)c2cc3c(cc2[N+](=O)[O-])OCCCO3)ccc1N1CCCC1=O. The molecule has 0 aliphatic carbocycles. The zero-order valence-electron chi connectivity index (χ0n) is 16.8. The summed E-state index contributed by atoms with van der Waals surface area (Å²) in [6.45, 7) is 3.02. The predicted octanol–water partition coefficient (Wildman–Crippen LogP) is 2.99. The van der Waals surface area contributed by atoms with Crippen molar-refractivity contribution in [3.63, 3.8) is 0 Å². The molecular weight excluding hydrogens is 426 g/mol. The van der Waals surface area contributed by atoms with E-state index in [9.17, 15) is 23.3 Å². The summed E-state index contributed by atoms with van der Waals surface area (Å²) in [5.41, 5.74) is 1.05. The second-order valence-electron chi connectivity index (χ2n) is 7.33. The first-order chi connectivity index (χ1) is 14.8. The van der Waals surface area contributed by atoms with Gasteiger partial charge in [-0.1, -0.05) is 0 Å². The molecule has 0 unspecified atom stereocenters. The molecule has 2 heterocycles. The normalized spacial score (nSPS) is 16.2. The van der Waals surface area contributed by atoms with Crippen molar-refractivity contribution in [2.45, 2.75) is 31.1 Å². The van der Waals surface area contributed by atoms with Crippen LogP contribution in [0.3, 0.4) is 0 Å². The van der Waals surface area contributed by atoms with Gasteiger partial charge in [-0.3, -0.25) is 19.6 Å². The van der Waals surface area contributed by atoms with Gasteiger partial charge < -0.3 is 14.4 Å². The molecule has 0 radical (unpaired) electrons. The van der Waals surface area contributed by atoms with Crippen LogP contribution in [0.5, 0.6) is 11.5 Å². The van der Waals surface area contributed by atoms with Crippen molar-refractivity contribution in [1.29, 1.82) is 0 Å². The maximum absolute atomic E-state index is 13.0. The Hall–Kier alpha value is -3.34. The van der Waals surface area contributed by atoms with Crippen LogP contribution in [0.25, 0.3) is 0 Å². The molecule has 0 spiro atoms. The van der Waals surface area contributed by atoms with Crippen LogP contribution in [0.1, 0.15) is 24.8 Å². The average molecular weight is 447 g/mol. The minimum Gasteiger partial charge on any atom is -0.490 e. The number of rotatable bonds is 5. The van der Waals surface area contributed by atoms with Crippen LogP contribution in [0.2, 0.25) is 0 Å². The zero-order chi connectivity index (χ0) is 22.2. The number of ether oxygens (including phenoxy) is 2. The molecule has 2 aromatic rings. The first kappa shape index (κ1) is 20.9. The molecule has 0 bridgehead atoms. The van der Waals surface area contributed by atoms with Crippen LogP contribution >= 0.6 is 0 Å². The Morgan fingerprint density at radius 3 is 2.42 bits per heavy atom. The van der Waals surface area contributed by atoms with E-state index in [1.165, 1.54) is 6.07 Å². The number of sulfonamides is 1. The molecule has 2 aromatic carbocycles. The van der Waals surface area contributed by atoms with E-state index in [0.717, 1.165) is 18.6 Å². The monoisotopic (exact) mass is 447 g/mol. The van der Waals surface area contributed by atoms with Crippen LogP contribution < -0.4 is 19.1 Å². The van der Waals surface area contributed by atoms with E-state index in [1.807, 2.05) is 0 Å². The van der Waals surface area contributed by atoms with Gasteiger partial charge in [-0.05, 0) is 37.1 Å². The number of nitro groups is 1. The summed E-state index contributed by atoms with van der Waals surface area (Å²) in [5.74, 6) is 0.306. The molecular formula is C20H21N3O7S. The zero-order valence-corrected chi connectivity index (χ0v) is 17.6. The lowest BCUT2D eigenvalue weighted by Gasteiger charge is -2.19. The van der Waals surface area contributed by atoms with Crippen molar-refractivity contribution in [2.24, 2.45) is 0 Å². The molecule has 2 aliphatic rings. The van der Waals surface area contributed by atoms with E-state index in [-0.39, 0.29) is 23.1 Å². The van der Waals surface area contributed by atoms with Crippen molar-refractivity contribution >= 4 is 33.0 Å². The highest BCUT2D eigenvalue weighted by atomic mass is 32.2. The first-order valence-corrected chi connectivity index (χ1v) is 11.3. The molecule has 164 valence electrons. The number of benzene rings is 2. The number of anilines is 2. The van der Waals surface area contributed by atoms with E-state index in [2.05, 4.69) is 4.72 Å². The van der Waals surface area contributed by atoms with Gasteiger partial charge in [0.15, 0.2) is 16.4 Å². The van der Waals surface area contributed by atoms with Gasteiger partial charge >= 0.3 is 0 Å². The molecule has 1 N–H and O–H groups in total. The predicted molar refractivity (Wildman–Crippen MR) is 112 cm³/mol. The fourth-order valence-electron chi connectivity index (χ4n) is 3.67. The number of nitro benzene ring substituents is 1. The fourth-order valence-corrected chi connectivity index (χ4v) is 4.89. The first-order valence-electron chi connectivity index (χ1n) is 9.78. The van der Waals surface area contributed by atoms with Gasteiger partial charge in [-0.15, -0.1) is 0 Å². The third-order valence-electron chi connectivity index (χ3n) is 5.13. The van der Waals surface area contributed by atoms with Gasteiger partial charge in [-0.2, -0.15) is 0 Å². The van der Waals surface area contributed by atoms with E-state index < -0.39 is 25.5 Å². The Kier molecular flexibility index (Phi) is 5.44. The number of fused-ring (bicyclic) bond motifs is 1. The fraction of sp³-hybridized carbons (Fsp3) is 0.350. The Labute approximate surface area is 179 Å². The maximum atomic E-state index is 13.0. The number of aryl methyl sites for hydroxylation is 1. The Balaban J connectivity index is 1.67. The number of nitrogens with one attached hydrogen (secondary N) is 1. The van der Waals surface area contributed by atoms with Gasteiger partial charge in [-0.25, -0.2) is 8.42 Å². The summed E-state index contributed by atoms with van der Waals surface area (Å²) in [6, 6.07) is 6.97. The lowest BCUT2D eigenvalue weighted by Crippen LogP contribution is -2.24. The Bertz CT molecular complexity index is 1160. The maximum Gasteiger partial charge on any atom is 0.293 e. The van der Waals surface area contributed by atoms with Gasteiger partial charge in [0, 0.05) is 36.8 Å². The summed E-state index contributed by atoms with van der Waals surface area (Å²) in [7, 11) is -4.30. The molecule has 4 rings (SSSR count). The summed E-state index contributed by atoms with van der Waals surface area (Å²) in [5, 5.41) is 11.5. The van der Waals surface area contributed by atoms with Crippen molar-refractivity contribution in [1.82, 2.24) is 0 Å². The quantitative estimate of drug-likeness (QED) is 0.551. The number of hydrogen-bond donors (Lipinski definition) is 1. The summed E-state index contributed by atoms with van der Waals surface area (Å²) in [6.07, 6.45) is 1.84. The minimum atomic E-state index is -4.30. The van der Waals surface area contributed by atoms with Crippen molar-refractivity contribution < 1.29 is 27.6 Å². The second-order valence-corrected chi connectivity index (χ2v) is 8.98. The highest BCUT2D eigenvalue weighted by Crippen LogP contribution is 2.39. The van der Waals surface area contributed by atoms with E-state index in [4.69, 9.17) is 9.47 Å². The van der Waals surface area contributed by atoms with E-state index >= 15 is 0 Å². The lowest BCUT2D eigenvalue weighted by atomic mass is 10.1. The summed E-state index contributed by atoms with van der Waals surface area (Å²) in [4.78, 5) is 23.9. The molecule has 11 heteroatoms. The molecule has 1 saturated heterocycles. The molecule has 0 saturated carbocycles. The van der Waals surface area contributed by atoms with Gasteiger partial charge in [0.1, 0.15) is 0 Å². The van der Waals surface area contributed by atoms with Crippen LogP contribution in [0.4, 0.5) is 17.1 Å². The van der Waals surface area contributed by atoms with Crippen molar-refractivity contribution in [2.75, 3.05) is 29.4 Å². The molecule has 2 aliphatic heterocycles. The Morgan fingerprint density at radius 1 is 1.10 bits per heavy atom. The number of carbonyl (C=O) groups excluding carboxylic acids is 1. The molecule has 1 fully saturated rings. The topological polar surface area (TPSA) is 128 Å². The third-order valence-corrected chi connectivity index (χ3v) is 6.54. The van der Waals surface area contributed by atoms with E-state index in [0.29, 0.717) is 43.9 Å². The van der Waals surface area contributed by atoms with Crippen LogP contribution in [0, 0.1) is 17.0 Å². The van der Waals surface area contributed by atoms with Crippen LogP contribution in [-0.4, -0.2) is 39.0 Å². The molecule has 10 nitrogen and oxygen atoms in total. The lowest BCUT2D eigenvalue weighted by molar-refractivity contribution is -0.387. The number of carbonyl (C=O) groups is 1. The highest BCUT2D eigenvalue weighted by Gasteiger charge is 2.30. The Morgan fingerprint density at radius 2 is 1.81 bits per heavy atom. The van der Waals surface area contributed by atoms with Crippen molar-refractivity contribution in [3.8, 4) is 11.5 Å². The highest BCUT2D eigenvalue weighted by molar-refractivity contribution is 7.92. The van der Waals surface area contributed by atoms with Crippen molar-refractivity contribution in [3.05, 3.63) is 46.0 Å². The number of amides is 1. The minimum absolute atomic E-state index is 0.0271. The number of hydrogen-bond acceptors (Lipinski definition) is 7. The molecule has 0 aromatic heterocycles. The summed E-state index contributed by atoms with van der Waals surface area (Å²) >= 11 is 0. The van der Waals surface area contributed by atoms with Gasteiger partial charge in [0.05, 0.1) is 24.2 Å². The average Bonchev–Trinajstić information content (AvgIpc) is 2.99. The smallest absolute Gasteiger partial charge is 0.293 e. The van der Waals surface area contributed by atoms with Crippen LogP contribution in [0.15, 0.2) is 35.2 Å². The second kappa shape index (κ2) is 8.06. The number of nitrogens with zero attached hydrogens (tertiary/aromatic N) is 2. The van der Waals surface area contributed by atoms with E-state index in [1.54, 1.807) is 24.0 Å². The third kappa shape index (κ3) is 4.13. The van der Waals surface area contributed by atoms with Gasteiger partial charge in [0.25, 0.3) is 15.7 Å². The van der Waals surface area contributed by atoms with Gasteiger partial charge in [0.2, 0.25) is 5.91 Å². The molecule has 31 heavy (non-hydrogen) atoms.